The molecule has 1 fully saturated rings. The van der Waals surface area contributed by atoms with Gasteiger partial charge in [-0.05, 0) is 62.8 Å². The number of amides is 2. The van der Waals surface area contributed by atoms with Crippen molar-refractivity contribution in [3.63, 3.8) is 0 Å². The summed E-state index contributed by atoms with van der Waals surface area (Å²) < 4.78 is 0. The predicted molar refractivity (Wildman–Crippen MR) is 93.4 cm³/mol. The van der Waals surface area contributed by atoms with Crippen LogP contribution in [-0.4, -0.2) is 23.9 Å². The maximum absolute atomic E-state index is 12.3. The number of nitrogens with one attached hydrogen (secondary N) is 3. The van der Waals surface area contributed by atoms with Crippen LogP contribution in [0.25, 0.3) is 0 Å². The molecule has 1 aromatic carbocycles. The van der Waals surface area contributed by atoms with Crippen LogP contribution in [0.15, 0.2) is 24.3 Å². The Morgan fingerprint density at radius 2 is 1.61 bits per heavy atom. The van der Waals surface area contributed by atoms with Crippen LogP contribution in [0.3, 0.4) is 0 Å². The monoisotopic (exact) mass is 317 g/mol. The quantitative estimate of drug-likeness (QED) is 0.781. The molecule has 1 aliphatic rings. The molecule has 0 aromatic heterocycles. The van der Waals surface area contributed by atoms with Gasteiger partial charge < -0.3 is 16.0 Å². The van der Waals surface area contributed by atoms with E-state index in [0.717, 1.165) is 30.1 Å². The lowest BCUT2D eigenvalue weighted by Crippen LogP contribution is -2.44. The Hall–Kier alpha value is -2.04. The molecule has 5 nitrogen and oxygen atoms in total. The summed E-state index contributed by atoms with van der Waals surface area (Å²) in [4.78, 5) is 23.3. The van der Waals surface area contributed by atoms with Crippen LogP contribution in [-0.2, 0) is 9.59 Å². The molecule has 2 amide bonds. The molecule has 1 aromatic rings. The van der Waals surface area contributed by atoms with Gasteiger partial charge in [0.05, 0.1) is 0 Å². The number of carbonyl (C=O) groups excluding carboxylic acids is 2. The highest BCUT2D eigenvalue weighted by molar-refractivity contribution is 5.89. The van der Waals surface area contributed by atoms with Gasteiger partial charge in [0.1, 0.15) is 6.04 Å². The average molecular weight is 317 g/mol. The molecule has 0 radical (unpaired) electrons. The van der Waals surface area contributed by atoms with Gasteiger partial charge in [-0.1, -0.05) is 6.92 Å². The summed E-state index contributed by atoms with van der Waals surface area (Å²) in [5.41, 5.74) is 1.61. The second-order valence-electron chi connectivity index (χ2n) is 6.59. The molecule has 5 heteroatoms. The van der Waals surface area contributed by atoms with Gasteiger partial charge in [-0.2, -0.15) is 0 Å². The van der Waals surface area contributed by atoms with E-state index in [2.05, 4.69) is 22.9 Å². The van der Waals surface area contributed by atoms with Crippen LogP contribution in [0, 0.1) is 5.92 Å². The molecule has 0 saturated heterocycles. The zero-order valence-corrected chi connectivity index (χ0v) is 14.2. The molecule has 1 saturated carbocycles. The minimum Gasteiger partial charge on any atom is -0.374 e. The van der Waals surface area contributed by atoms with Gasteiger partial charge in [0.25, 0.3) is 0 Å². The van der Waals surface area contributed by atoms with Gasteiger partial charge in [-0.15, -0.1) is 0 Å². The maximum Gasteiger partial charge on any atom is 0.242 e. The number of hydrogen-bond donors (Lipinski definition) is 3. The van der Waals surface area contributed by atoms with E-state index < -0.39 is 0 Å². The van der Waals surface area contributed by atoms with E-state index in [9.17, 15) is 9.59 Å². The predicted octanol–water partition coefficient (Wildman–Crippen LogP) is 3.14. The Kier molecular flexibility index (Phi) is 6.02. The Morgan fingerprint density at radius 3 is 2.17 bits per heavy atom. The van der Waals surface area contributed by atoms with Crippen LogP contribution in [0.1, 0.15) is 46.5 Å². The van der Waals surface area contributed by atoms with E-state index in [4.69, 9.17) is 0 Å². The van der Waals surface area contributed by atoms with Crippen molar-refractivity contribution < 1.29 is 9.59 Å². The van der Waals surface area contributed by atoms with Gasteiger partial charge in [0.2, 0.25) is 11.8 Å². The van der Waals surface area contributed by atoms with Crippen molar-refractivity contribution in [2.75, 3.05) is 10.6 Å². The first-order chi connectivity index (χ1) is 10.9. The smallest absolute Gasteiger partial charge is 0.242 e. The summed E-state index contributed by atoms with van der Waals surface area (Å²) in [6.45, 7) is 5.61. The summed E-state index contributed by atoms with van der Waals surface area (Å²) in [6, 6.07) is 7.37. The zero-order valence-electron chi connectivity index (χ0n) is 14.2. The largest absolute Gasteiger partial charge is 0.374 e. The van der Waals surface area contributed by atoms with E-state index in [-0.39, 0.29) is 17.9 Å². The van der Waals surface area contributed by atoms with Crippen molar-refractivity contribution in [1.29, 1.82) is 0 Å². The second kappa shape index (κ2) is 7.99. The van der Waals surface area contributed by atoms with E-state index >= 15 is 0 Å². The third kappa shape index (κ3) is 5.58. The van der Waals surface area contributed by atoms with E-state index in [1.807, 2.05) is 31.2 Å². The van der Waals surface area contributed by atoms with Crippen molar-refractivity contribution in [2.45, 2.75) is 58.5 Å². The molecular weight excluding hydrogens is 290 g/mol. The Balaban J connectivity index is 1.82. The van der Waals surface area contributed by atoms with Gasteiger partial charge in [0.15, 0.2) is 0 Å². The fourth-order valence-electron chi connectivity index (χ4n) is 2.90. The molecule has 1 aliphatic carbocycles. The molecule has 126 valence electrons. The van der Waals surface area contributed by atoms with Crippen LogP contribution < -0.4 is 16.0 Å². The summed E-state index contributed by atoms with van der Waals surface area (Å²) >= 11 is 0. The van der Waals surface area contributed by atoms with E-state index in [1.165, 1.54) is 19.8 Å². The van der Waals surface area contributed by atoms with Gasteiger partial charge in [0, 0.05) is 24.3 Å². The first-order valence-corrected chi connectivity index (χ1v) is 8.38. The van der Waals surface area contributed by atoms with Crippen LogP contribution in [0.4, 0.5) is 11.4 Å². The highest BCUT2D eigenvalue weighted by Gasteiger charge is 2.22. The maximum atomic E-state index is 12.3. The molecular formula is C18H27N3O2. The Bertz CT molecular complexity index is 534. The van der Waals surface area contributed by atoms with Gasteiger partial charge in [-0.3, -0.25) is 9.59 Å². The summed E-state index contributed by atoms with van der Waals surface area (Å²) in [6.07, 6.45) is 4.53. The lowest BCUT2D eigenvalue weighted by molar-refractivity contribution is -0.122. The molecule has 0 aliphatic heterocycles. The van der Waals surface area contributed by atoms with Crippen molar-refractivity contribution in [3.8, 4) is 0 Å². The normalized spacial score (nSPS) is 22.0. The Morgan fingerprint density at radius 1 is 1.04 bits per heavy atom. The lowest BCUT2D eigenvalue weighted by Gasteiger charge is -2.28. The first kappa shape index (κ1) is 17.3. The number of benzene rings is 1. The Labute approximate surface area is 138 Å². The average Bonchev–Trinajstić information content (AvgIpc) is 2.51. The fraction of sp³-hybridized carbons (Fsp3) is 0.556. The van der Waals surface area contributed by atoms with Crippen LogP contribution >= 0.6 is 0 Å². The van der Waals surface area contributed by atoms with Crippen LogP contribution in [0.2, 0.25) is 0 Å². The number of hydrogen-bond acceptors (Lipinski definition) is 3. The van der Waals surface area contributed by atoms with Crippen molar-refractivity contribution in [2.24, 2.45) is 5.92 Å². The molecule has 1 unspecified atom stereocenters. The first-order valence-electron chi connectivity index (χ1n) is 8.38. The SMILES string of the molecule is CC(=O)Nc1ccc(NC(C)C(=O)NC2CCC(C)CC2)cc1. The number of carbonyl (C=O) groups is 2. The minimum atomic E-state index is -0.291. The van der Waals surface area contributed by atoms with Crippen LogP contribution in [0.5, 0.6) is 0 Å². The molecule has 0 heterocycles. The van der Waals surface area contributed by atoms with Crippen molar-refractivity contribution in [1.82, 2.24) is 5.32 Å². The molecule has 23 heavy (non-hydrogen) atoms. The van der Waals surface area contributed by atoms with E-state index in [1.54, 1.807) is 0 Å². The lowest BCUT2D eigenvalue weighted by atomic mass is 9.87. The third-order valence-corrected chi connectivity index (χ3v) is 4.34. The molecule has 3 N–H and O–H groups in total. The summed E-state index contributed by atoms with van der Waals surface area (Å²) in [5, 5.41) is 9.05. The second-order valence-corrected chi connectivity index (χ2v) is 6.59. The molecule has 1 atom stereocenters. The van der Waals surface area contributed by atoms with Gasteiger partial charge in [-0.25, -0.2) is 0 Å². The van der Waals surface area contributed by atoms with E-state index in [0.29, 0.717) is 6.04 Å². The standard InChI is InChI=1S/C18H27N3O2/c1-12-4-6-17(7-5-12)21-18(23)13(2)19-15-8-10-16(11-9-15)20-14(3)22/h8-13,17,19H,4-7H2,1-3H3,(H,20,22)(H,21,23). The number of anilines is 2. The highest BCUT2D eigenvalue weighted by Crippen LogP contribution is 2.23. The number of rotatable bonds is 5. The zero-order chi connectivity index (χ0) is 16.8. The summed E-state index contributed by atoms with van der Waals surface area (Å²) in [5.74, 6) is 0.719. The summed E-state index contributed by atoms with van der Waals surface area (Å²) in [7, 11) is 0. The molecule has 2 rings (SSSR count). The highest BCUT2D eigenvalue weighted by atomic mass is 16.2. The molecule has 0 spiro atoms. The molecule has 0 bridgehead atoms. The topological polar surface area (TPSA) is 70.2 Å². The van der Waals surface area contributed by atoms with Crippen molar-refractivity contribution >= 4 is 23.2 Å². The fourth-order valence-corrected chi connectivity index (χ4v) is 2.90. The van der Waals surface area contributed by atoms with Crippen molar-refractivity contribution in [3.05, 3.63) is 24.3 Å². The van der Waals surface area contributed by atoms with Gasteiger partial charge >= 0.3 is 0 Å². The third-order valence-electron chi connectivity index (χ3n) is 4.34. The minimum absolute atomic E-state index is 0.0375.